The molecule has 0 saturated heterocycles. The molecule has 0 unspecified atom stereocenters. The number of halogens is 1. The molecule has 1 aromatic carbocycles. The number of thiophene rings is 1. The lowest BCUT2D eigenvalue weighted by atomic mass is 10.2. The molecule has 68 valence electrons. The fourth-order valence-corrected chi connectivity index (χ4v) is 2.17. The maximum Gasteiger partial charge on any atom is 0.211 e. The number of hydrogen-bond donors (Lipinski definition) is 0. The zero-order valence-electron chi connectivity index (χ0n) is 7.43. The molecule has 0 spiro atoms. The van der Waals surface area contributed by atoms with E-state index in [0.717, 1.165) is 10.3 Å². The highest BCUT2D eigenvalue weighted by Gasteiger charge is 2.11. The number of rotatable bonds is 1. The third-order valence-electron chi connectivity index (χ3n) is 1.94. The Kier molecular flexibility index (Phi) is 1.96. The van der Waals surface area contributed by atoms with Crippen LogP contribution in [0, 0.1) is 12.7 Å². The Morgan fingerprint density at radius 3 is 2.85 bits per heavy atom. The topological polar surface area (TPSA) is 9.23 Å². The fourth-order valence-electron chi connectivity index (χ4n) is 1.29. The SMILES string of the molecule is COc1sc2ccc(C)cc2c1F. The van der Waals surface area contributed by atoms with Crippen molar-refractivity contribution in [3.05, 3.63) is 29.6 Å². The van der Waals surface area contributed by atoms with Crippen LogP contribution in [0.3, 0.4) is 0 Å². The Morgan fingerprint density at radius 2 is 2.15 bits per heavy atom. The van der Waals surface area contributed by atoms with Crippen LogP contribution < -0.4 is 4.74 Å². The van der Waals surface area contributed by atoms with E-state index in [2.05, 4.69) is 0 Å². The van der Waals surface area contributed by atoms with Crippen molar-refractivity contribution < 1.29 is 9.13 Å². The van der Waals surface area contributed by atoms with Crippen LogP contribution in [0.5, 0.6) is 5.06 Å². The van der Waals surface area contributed by atoms with Crippen LogP contribution in [0.25, 0.3) is 10.1 Å². The van der Waals surface area contributed by atoms with E-state index in [1.807, 2.05) is 25.1 Å². The summed E-state index contributed by atoms with van der Waals surface area (Å²) < 4.78 is 19.3. The molecule has 0 amide bonds. The number of hydrogen-bond acceptors (Lipinski definition) is 2. The predicted molar refractivity (Wildman–Crippen MR) is 53.1 cm³/mol. The van der Waals surface area contributed by atoms with Crippen molar-refractivity contribution in [3.8, 4) is 5.06 Å². The summed E-state index contributed by atoms with van der Waals surface area (Å²) in [7, 11) is 1.49. The van der Waals surface area contributed by atoms with Gasteiger partial charge in [-0.1, -0.05) is 23.0 Å². The summed E-state index contributed by atoms with van der Waals surface area (Å²) in [6.45, 7) is 1.95. The fraction of sp³-hybridized carbons (Fsp3) is 0.200. The van der Waals surface area contributed by atoms with Gasteiger partial charge in [-0.3, -0.25) is 0 Å². The average Bonchev–Trinajstić information content (AvgIpc) is 2.44. The molecule has 0 aliphatic carbocycles. The minimum absolute atomic E-state index is 0.244. The van der Waals surface area contributed by atoms with Gasteiger partial charge in [0.15, 0.2) is 5.82 Å². The largest absolute Gasteiger partial charge is 0.485 e. The number of aryl methyl sites for hydroxylation is 1. The van der Waals surface area contributed by atoms with Crippen LogP contribution in [0.4, 0.5) is 4.39 Å². The van der Waals surface area contributed by atoms with Gasteiger partial charge in [-0.15, -0.1) is 0 Å². The minimum Gasteiger partial charge on any atom is -0.485 e. The van der Waals surface area contributed by atoms with E-state index in [9.17, 15) is 4.39 Å². The summed E-state index contributed by atoms with van der Waals surface area (Å²) in [5, 5.41) is 1.02. The highest BCUT2D eigenvalue weighted by molar-refractivity contribution is 7.20. The van der Waals surface area contributed by atoms with Crippen LogP contribution in [0.1, 0.15) is 5.56 Å². The van der Waals surface area contributed by atoms with Crippen molar-refractivity contribution in [2.75, 3.05) is 7.11 Å². The molecule has 1 nitrogen and oxygen atoms in total. The number of ether oxygens (including phenoxy) is 1. The highest BCUT2D eigenvalue weighted by atomic mass is 32.1. The molecule has 0 atom stereocenters. The molecule has 13 heavy (non-hydrogen) atoms. The van der Waals surface area contributed by atoms with Crippen molar-refractivity contribution >= 4 is 21.4 Å². The zero-order valence-corrected chi connectivity index (χ0v) is 8.24. The quantitative estimate of drug-likeness (QED) is 0.679. The lowest BCUT2D eigenvalue weighted by Gasteiger charge is -1.92. The van der Waals surface area contributed by atoms with Crippen LogP contribution in [-0.2, 0) is 0 Å². The van der Waals surface area contributed by atoms with Gasteiger partial charge in [-0.05, 0) is 19.1 Å². The Morgan fingerprint density at radius 1 is 1.38 bits per heavy atom. The lowest BCUT2D eigenvalue weighted by molar-refractivity contribution is 0.402. The van der Waals surface area contributed by atoms with Gasteiger partial charge in [0, 0.05) is 10.1 Å². The first-order chi connectivity index (χ1) is 6.22. The monoisotopic (exact) mass is 196 g/mol. The summed E-state index contributed by atoms with van der Waals surface area (Å²) in [4.78, 5) is 0. The van der Waals surface area contributed by atoms with Gasteiger partial charge >= 0.3 is 0 Å². The van der Waals surface area contributed by atoms with Crippen LogP contribution in [0.2, 0.25) is 0 Å². The van der Waals surface area contributed by atoms with Gasteiger partial charge in [-0.25, -0.2) is 4.39 Å². The minimum atomic E-state index is -0.244. The third kappa shape index (κ3) is 1.29. The summed E-state index contributed by atoms with van der Waals surface area (Å²) in [6.07, 6.45) is 0. The lowest BCUT2D eigenvalue weighted by Crippen LogP contribution is -1.80. The highest BCUT2D eigenvalue weighted by Crippen LogP contribution is 2.35. The third-order valence-corrected chi connectivity index (χ3v) is 3.05. The van der Waals surface area contributed by atoms with Crippen molar-refractivity contribution in [2.24, 2.45) is 0 Å². The first-order valence-electron chi connectivity index (χ1n) is 3.95. The van der Waals surface area contributed by atoms with Gasteiger partial charge in [-0.2, -0.15) is 0 Å². The molecule has 1 heterocycles. The Labute approximate surface area is 79.8 Å². The second kappa shape index (κ2) is 3.00. The van der Waals surface area contributed by atoms with E-state index in [4.69, 9.17) is 4.74 Å². The molecule has 0 N–H and O–H groups in total. The van der Waals surface area contributed by atoms with Gasteiger partial charge in [0.25, 0.3) is 0 Å². The summed E-state index contributed by atoms with van der Waals surface area (Å²) >= 11 is 1.34. The first kappa shape index (κ1) is 8.51. The van der Waals surface area contributed by atoms with E-state index in [1.54, 1.807) is 0 Å². The molecule has 2 aromatic rings. The summed E-state index contributed by atoms with van der Waals surface area (Å²) in [5.41, 5.74) is 1.06. The maximum atomic E-state index is 13.5. The molecule has 1 aromatic heterocycles. The van der Waals surface area contributed by atoms with Crippen molar-refractivity contribution in [3.63, 3.8) is 0 Å². The van der Waals surface area contributed by atoms with E-state index in [0.29, 0.717) is 10.4 Å². The standard InChI is InChI=1S/C10H9FOS/c1-6-3-4-8-7(5-6)9(11)10(12-2)13-8/h3-5H,1-2H3. The van der Waals surface area contributed by atoms with Gasteiger partial charge in [0.05, 0.1) is 7.11 Å². The molecule has 2 rings (SSSR count). The molecular weight excluding hydrogens is 187 g/mol. The summed E-state index contributed by atoms with van der Waals surface area (Å²) in [5.74, 6) is -0.244. The molecule has 0 aliphatic rings. The smallest absolute Gasteiger partial charge is 0.211 e. The first-order valence-corrected chi connectivity index (χ1v) is 4.76. The van der Waals surface area contributed by atoms with Gasteiger partial charge < -0.3 is 4.74 Å². The Balaban J connectivity index is 2.77. The second-order valence-electron chi connectivity index (χ2n) is 2.91. The normalized spacial score (nSPS) is 10.7. The van der Waals surface area contributed by atoms with E-state index in [-0.39, 0.29) is 5.82 Å². The van der Waals surface area contributed by atoms with E-state index < -0.39 is 0 Å². The average molecular weight is 196 g/mol. The van der Waals surface area contributed by atoms with Crippen molar-refractivity contribution in [1.29, 1.82) is 0 Å². The molecular formula is C10H9FOS. The molecule has 3 heteroatoms. The zero-order chi connectivity index (χ0) is 9.42. The molecule has 0 aliphatic heterocycles. The second-order valence-corrected chi connectivity index (χ2v) is 3.92. The number of methoxy groups -OCH3 is 1. The van der Waals surface area contributed by atoms with Crippen molar-refractivity contribution in [2.45, 2.75) is 6.92 Å². The number of fused-ring (bicyclic) bond motifs is 1. The molecule has 0 radical (unpaired) electrons. The van der Waals surface area contributed by atoms with Gasteiger partial charge in [0.2, 0.25) is 5.06 Å². The van der Waals surface area contributed by atoms with Crippen LogP contribution in [0.15, 0.2) is 18.2 Å². The Bertz CT molecular complexity index is 447. The van der Waals surface area contributed by atoms with Crippen LogP contribution >= 0.6 is 11.3 Å². The van der Waals surface area contributed by atoms with Crippen molar-refractivity contribution in [1.82, 2.24) is 0 Å². The molecule has 0 saturated carbocycles. The molecule has 0 bridgehead atoms. The summed E-state index contributed by atoms with van der Waals surface area (Å²) in [6, 6.07) is 5.72. The maximum absolute atomic E-state index is 13.5. The van der Waals surface area contributed by atoms with E-state index in [1.165, 1.54) is 18.4 Å². The predicted octanol–water partition coefficient (Wildman–Crippen LogP) is 3.36. The Hall–Kier alpha value is -1.09. The number of benzene rings is 1. The van der Waals surface area contributed by atoms with Gasteiger partial charge in [0.1, 0.15) is 0 Å². The molecule has 0 fully saturated rings. The van der Waals surface area contributed by atoms with Crippen LogP contribution in [-0.4, -0.2) is 7.11 Å². The van der Waals surface area contributed by atoms with E-state index >= 15 is 0 Å².